The molecule has 0 aromatic rings. The number of hydrogen-bond donors (Lipinski definition) is 2. The zero-order valence-corrected chi connectivity index (χ0v) is 9.62. The number of hydrogen-bond acceptors (Lipinski definition) is 4. The van der Waals surface area contributed by atoms with Crippen molar-refractivity contribution in [3.05, 3.63) is 0 Å². The zero-order valence-electron chi connectivity index (χ0n) is 9.62. The number of carboxylic acid groups (broad SMARTS) is 1. The quantitative estimate of drug-likeness (QED) is 0.697. The molecule has 0 aromatic carbocycles. The first-order chi connectivity index (χ1) is 7.94. The van der Waals surface area contributed by atoms with Crippen LogP contribution in [-0.4, -0.2) is 47.9 Å². The van der Waals surface area contributed by atoms with Crippen molar-refractivity contribution in [1.82, 2.24) is 5.32 Å². The standard InChI is InChI=1S/C11H15NO5/c1-7(13)12-4-9-2-10(3-9,8(14)15)11(17-9)5-16-6-11/h2-6H2,1H3,(H,12,13)(H,14,15). The number of rotatable bonds is 3. The van der Waals surface area contributed by atoms with Crippen LogP contribution in [0.4, 0.5) is 0 Å². The van der Waals surface area contributed by atoms with E-state index in [1.165, 1.54) is 6.92 Å². The summed E-state index contributed by atoms with van der Waals surface area (Å²) in [6.07, 6.45) is 0.942. The van der Waals surface area contributed by atoms with Crippen LogP contribution in [0.5, 0.6) is 0 Å². The van der Waals surface area contributed by atoms with Crippen molar-refractivity contribution < 1.29 is 24.2 Å². The van der Waals surface area contributed by atoms with Crippen molar-refractivity contribution in [3.63, 3.8) is 0 Å². The summed E-state index contributed by atoms with van der Waals surface area (Å²) in [5, 5.41) is 12.1. The molecule has 1 aliphatic carbocycles. The van der Waals surface area contributed by atoms with Crippen molar-refractivity contribution in [2.45, 2.75) is 31.0 Å². The maximum absolute atomic E-state index is 11.4. The number of carboxylic acids is 1. The van der Waals surface area contributed by atoms with Gasteiger partial charge < -0.3 is 19.9 Å². The molecule has 0 radical (unpaired) electrons. The summed E-state index contributed by atoms with van der Waals surface area (Å²) in [7, 11) is 0. The number of nitrogens with one attached hydrogen (secondary N) is 1. The van der Waals surface area contributed by atoms with Gasteiger partial charge in [0.1, 0.15) is 11.0 Å². The van der Waals surface area contributed by atoms with Crippen molar-refractivity contribution >= 4 is 11.9 Å². The molecule has 4 rings (SSSR count). The largest absolute Gasteiger partial charge is 0.481 e. The number of aliphatic carboxylic acids is 1. The minimum absolute atomic E-state index is 0.124. The molecule has 3 saturated heterocycles. The Morgan fingerprint density at radius 2 is 2.00 bits per heavy atom. The molecule has 0 unspecified atom stereocenters. The Morgan fingerprint density at radius 3 is 2.35 bits per heavy atom. The van der Waals surface area contributed by atoms with E-state index in [-0.39, 0.29) is 5.91 Å². The molecule has 3 aliphatic heterocycles. The molecular formula is C11H15NO5. The molecule has 4 aliphatic rings. The molecule has 2 bridgehead atoms. The number of carbonyl (C=O) groups is 2. The molecule has 1 saturated carbocycles. The van der Waals surface area contributed by atoms with E-state index < -0.39 is 22.6 Å². The SMILES string of the molecule is CC(=O)NCC12CC(C(=O)O)(C1)C1(COC1)O2. The minimum atomic E-state index is -0.809. The highest BCUT2D eigenvalue weighted by atomic mass is 16.6. The Bertz CT molecular complexity index is 395. The molecule has 1 spiro atoms. The number of carbonyl (C=O) groups excluding carboxylic acids is 1. The summed E-state index contributed by atoms with van der Waals surface area (Å²) in [6.45, 7) is 2.53. The molecule has 1 amide bonds. The first kappa shape index (κ1) is 11.0. The van der Waals surface area contributed by atoms with E-state index in [0.717, 1.165) is 0 Å². The average molecular weight is 241 g/mol. The van der Waals surface area contributed by atoms with Crippen LogP contribution in [0.1, 0.15) is 19.8 Å². The first-order valence-electron chi connectivity index (χ1n) is 5.70. The lowest BCUT2D eigenvalue weighted by Crippen LogP contribution is -2.63. The molecule has 6 nitrogen and oxygen atoms in total. The van der Waals surface area contributed by atoms with Gasteiger partial charge in [-0.25, -0.2) is 0 Å². The van der Waals surface area contributed by atoms with E-state index >= 15 is 0 Å². The van der Waals surface area contributed by atoms with Crippen molar-refractivity contribution in [2.24, 2.45) is 5.41 Å². The second-order valence-electron chi connectivity index (χ2n) is 5.42. The van der Waals surface area contributed by atoms with Crippen LogP contribution in [0.3, 0.4) is 0 Å². The molecule has 0 aromatic heterocycles. The van der Waals surface area contributed by atoms with Crippen LogP contribution in [-0.2, 0) is 19.1 Å². The maximum Gasteiger partial charge on any atom is 0.313 e. The molecule has 94 valence electrons. The number of ether oxygens (including phenoxy) is 2. The van der Waals surface area contributed by atoms with Crippen LogP contribution in [0, 0.1) is 5.41 Å². The van der Waals surface area contributed by atoms with E-state index in [1.54, 1.807) is 0 Å². The van der Waals surface area contributed by atoms with Gasteiger partial charge in [0.15, 0.2) is 0 Å². The molecule has 2 N–H and O–H groups in total. The fourth-order valence-electron chi connectivity index (χ4n) is 3.37. The predicted octanol–water partition coefficient (Wildman–Crippen LogP) is -0.475. The molecular weight excluding hydrogens is 226 g/mol. The van der Waals surface area contributed by atoms with Crippen LogP contribution in [0.15, 0.2) is 0 Å². The highest BCUT2D eigenvalue weighted by Gasteiger charge is 2.80. The van der Waals surface area contributed by atoms with Gasteiger partial charge in [0, 0.05) is 13.5 Å². The Morgan fingerprint density at radius 1 is 1.35 bits per heavy atom. The average Bonchev–Trinajstić information content (AvgIpc) is 2.59. The molecule has 17 heavy (non-hydrogen) atoms. The van der Waals surface area contributed by atoms with Gasteiger partial charge in [-0.15, -0.1) is 0 Å². The normalized spacial score (nSPS) is 40.5. The maximum atomic E-state index is 11.4. The van der Waals surface area contributed by atoms with Gasteiger partial charge in [0.25, 0.3) is 0 Å². The van der Waals surface area contributed by atoms with E-state index in [0.29, 0.717) is 32.6 Å². The second-order valence-corrected chi connectivity index (χ2v) is 5.42. The molecule has 3 heterocycles. The molecule has 4 fully saturated rings. The van der Waals surface area contributed by atoms with Gasteiger partial charge in [-0.05, 0) is 12.8 Å². The Hall–Kier alpha value is -1.14. The van der Waals surface area contributed by atoms with Crippen LogP contribution in [0.25, 0.3) is 0 Å². The van der Waals surface area contributed by atoms with Crippen molar-refractivity contribution in [2.75, 3.05) is 19.8 Å². The van der Waals surface area contributed by atoms with Gasteiger partial charge in [0.05, 0.1) is 18.8 Å². The van der Waals surface area contributed by atoms with E-state index in [1.807, 2.05) is 0 Å². The van der Waals surface area contributed by atoms with Gasteiger partial charge in [-0.2, -0.15) is 0 Å². The summed E-state index contributed by atoms with van der Waals surface area (Å²) in [6, 6.07) is 0. The fourth-order valence-corrected chi connectivity index (χ4v) is 3.37. The van der Waals surface area contributed by atoms with Crippen LogP contribution in [0.2, 0.25) is 0 Å². The molecule has 6 heteroatoms. The summed E-state index contributed by atoms with van der Waals surface area (Å²) in [5.74, 6) is -0.932. The third kappa shape index (κ3) is 1.17. The van der Waals surface area contributed by atoms with E-state index in [4.69, 9.17) is 9.47 Å². The van der Waals surface area contributed by atoms with Crippen molar-refractivity contribution in [3.8, 4) is 0 Å². The molecule has 0 atom stereocenters. The Balaban J connectivity index is 1.79. The fraction of sp³-hybridized carbons (Fsp3) is 0.818. The van der Waals surface area contributed by atoms with E-state index in [2.05, 4.69) is 5.32 Å². The van der Waals surface area contributed by atoms with Gasteiger partial charge in [-0.1, -0.05) is 0 Å². The Labute approximate surface area is 98.3 Å². The Kier molecular flexibility index (Phi) is 1.94. The summed E-state index contributed by atoms with van der Waals surface area (Å²) >= 11 is 0. The zero-order chi connectivity index (χ0) is 12.3. The first-order valence-corrected chi connectivity index (χ1v) is 5.70. The number of amides is 1. The predicted molar refractivity (Wildman–Crippen MR) is 55.4 cm³/mol. The lowest BCUT2D eigenvalue weighted by atomic mass is 9.55. The summed E-state index contributed by atoms with van der Waals surface area (Å²) in [5.41, 5.74) is -1.95. The summed E-state index contributed by atoms with van der Waals surface area (Å²) < 4.78 is 11.1. The van der Waals surface area contributed by atoms with Crippen LogP contribution >= 0.6 is 0 Å². The third-order valence-corrected chi connectivity index (χ3v) is 4.27. The lowest BCUT2D eigenvalue weighted by molar-refractivity contribution is -0.219. The van der Waals surface area contributed by atoms with Gasteiger partial charge in [0.2, 0.25) is 5.91 Å². The highest BCUT2D eigenvalue weighted by molar-refractivity contribution is 5.80. The highest BCUT2D eigenvalue weighted by Crippen LogP contribution is 2.68. The summed E-state index contributed by atoms with van der Waals surface area (Å²) in [4.78, 5) is 22.3. The minimum Gasteiger partial charge on any atom is -0.481 e. The van der Waals surface area contributed by atoms with E-state index in [9.17, 15) is 14.7 Å². The second kappa shape index (κ2) is 3.00. The smallest absolute Gasteiger partial charge is 0.313 e. The van der Waals surface area contributed by atoms with Crippen molar-refractivity contribution in [1.29, 1.82) is 0 Å². The van der Waals surface area contributed by atoms with Gasteiger partial charge in [-0.3, -0.25) is 9.59 Å². The van der Waals surface area contributed by atoms with Crippen LogP contribution < -0.4 is 5.32 Å². The third-order valence-electron chi connectivity index (χ3n) is 4.27. The lowest BCUT2D eigenvalue weighted by Gasteiger charge is -2.47. The topological polar surface area (TPSA) is 84.9 Å². The monoisotopic (exact) mass is 241 g/mol. The van der Waals surface area contributed by atoms with Gasteiger partial charge >= 0.3 is 5.97 Å².